The highest BCUT2D eigenvalue weighted by Crippen LogP contribution is 2.56. The van der Waals surface area contributed by atoms with Gasteiger partial charge in [-0.05, 0) is 84.4 Å². The van der Waals surface area contributed by atoms with E-state index in [1.807, 2.05) is 24.4 Å². The molecule has 2 heteroatoms. The lowest BCUT2D eigenvalue weighted by Crippen LogP contribution is -2.16. The van der Waals surface area contributed by atoms with Crippen molar-refractivity contribution >= 4 is 32.3 Å². The van der Waals surface area contributed by atoms with Crippen LogP contribution in [0.5, 0.6) is 0 Å². The molecule has 5 aromatic carbocycles. The van der Waals surface area contributed by atoms with E-state index >= 15 is 0 Å². The molecule has 1 aliphatic carbocycles. The second-order valence-electron chi connectivity index (χ2n) is 11.0. The topological polar surface area (TPSA) is 25.8 Å². The van der Waals surface area contributed by atoms with Gasteiger partial charge in [0.15, 0.2) is 0 Å². The van der Waals surface area contributed by atoms with Crippen LogP contribution in [0.2, 0.25) is 0 Å². The Labute approximate surface area is 227 Å². The van der Waals surface area contributed by atoms with Crippen LogP contribution in [0, 0.1) is 0 Å². The molecule has 0 bridgehead atoms. The lowest BCUT2D eigenvalue weighted by molar-refractivity contribution is 0.672. The molecule has 0 spiro atoms. The van der Waals surface area contributed by atoms with E-state index in [0.29, 0.717) is 0 Å². The van der Waals surface area contributed by atoms with Crippen LogP contribution in [0.25, 0.3) is 66.0 Å². The smallest absolute Gasteiger partial charge is 0.0886 e. The fourth-order valence-corrected chi connectivity index (χ4v) is 6.82. The van der Waals surface area contributed by atoms with Crippen LogP contribution in [0.4, 0.5) is 0 Å². The molecule has 0 aliphatic heterocycles. The predicted molar refractivity (Wildman–Crippen MR) is 163 cm³/mol. The number of benzene rings is 5. The Morgan fingerprint density at radius 3 is 1.95 bits per heavy atom. The summed E-state index contributed by atoms with van der Waals surface area (Å²) in [7, 11) is 0. The quantitative estimate of drug-likeness (QED) is 0.222. The molecule has 8 rings (SSSR count). The van der Waals surface area contributed by atoms with Crippen LogP contribution in [0.1, 0.15) is 25.0 Å². The highest BCUT2D eigenvalue weighted by atomic mass is 14.8. The SMILES string of the molecule is CC1(C)c2c(ccc3cc(-c4ccc(-c5ccccn5)nc4)ccc23)-c2c1c1ccccc1c1ccccc21. The maximum Gasteiger partial charge on any atom is 0.0886 e. The molecule has 2 aromatic heterocycles. The molecule has 0 saturated heterocycles. The summed E-state index contributed by atoms with van der Waals surface area (Å²) in [5, 5.41) is 7.94. The average molecular weight is 499 g/mol. The number of pyridine rings is 2. The van der Waals surface area contributed by atoms with Gasteiger partial charge in [0, 0.05) is 23.4 Å². The zero-order chi connectivity index (χ0) is 26.1. The van der Waals surface area contributed by atoms with Gasteiger partial charge in [-0.3, -0.25) is 9.97 Å². The lowest BCUT2D eigenvalue weighted by atomic mass is 9.77. The molecule has 1 aliphatic rings. The van der Waals surface area contributed by atoms with Crippen LogP contribution in [0.3, 0.4) is 0 Å². The van der Waals surface area contributed by atoms with Crippen molar-refractivity contribution in [1.82, 2.24) is 9.97 Å². The largest absolute Gasteiger partial charge is 0.255 e. The number of nitrogens with zero attached hydrogens (tertiary/aromatic N) is 2. The monoisotopic (exact) mass is 498 g/mol. The Morgan fingerprint density at radius 2 is 1.21 bits per heavy atom. The maximum atomic E-state index is 4.71. The fourth-order valence-electron chi connectivity index (χ4n) is 6.82. The van der Waals surface area contributed by atoms with Crippen LogP contribution < -0.4 is 0 Å². The minimum absolute atomic E-state index is 0.124. The van der Waals surface area contributed by atoms with Gasteiger partial charge >= 0.3 is 0 Å². The van der Waals surface area contributed by atoms with Crippen LogP contribution in [0.15, 0.2) is 122 Å². The Morgan fingerprint density at radius 1 is 0.513 bits per heavy atom. The lowest BCUT2D eigenvalue weighted by Gasteiger charge is -2.25. The summed E-state index contributed by atoms with van der Waals surface area (Å²) in [5.74, 6) is 0. The molecule has 184 valence electrons. The van der Waals surface area contributed by atoms with E-state index in [1.54, 1.807) is 6.20 Å². The van der Waals surface area contributed by atoms with Gasteiger partial charge < -0.3 is 0 Å². The third kappa shape index (κ3) is 3.15. The van der Waals surface area contributed by atoms with Crippen molar-refractivity contribution in [3.63, 3.8) is 0 Å². The van der Waals surface area contributed by atoms with Crippen molar-refractivity contribution in [1.29, 1.82) is 0 Å². The van der Waals surface area contributed by atoms with E-state index in [1.165, 1.54) is 60.1 Å². The van der Waals surface area contributed by atoms with Crippen molar-refractivity contribution in [2.24, 2.45) is 0 Å². The number of aromatic nitrogens is 2. The predicted octanol–water partition coefficient (Wildman–Crippen LogP) is 9.58. The summed E-state index contributed by atoms with van der Waals surface area (Å²) >= 11 is 0. The first-order valence-corrected chi connectivity index (χ1v) is 13.5. The molecule has 0 amide bonds. The van der Waals surface area contributed by atoms with Gasteiger partial charge in [0.05, 0.1) is 11.4 Å². The zero-order valence-electron chi connectivity index (χ0n) is 21.9. The summed E-state index contributed by atoms with van der Waals surface area (Å²) in [6, 6.07) is 39.4. The van der Waals surface area contributed by atoms with Gasteiger partial charge in [-0.25, -0.2) is 0 Å². The first-order valence-electron chi connectivity index (χ1n) is 13.5. The highest BCUT2D eigenvalue weighted by molar-refractivity contribution is 6.19. The summed E-state index contributed by atoms with van der Waals surface area (Å²) in [4.78, 5) is 9.14. The molecule has 2 nitrogen and oxygen atoms in total. The van der Waals surface area contributed by atoms with Crippen molar-refractivity contribution in [3.05, 3.63) is 133 Å². The fraction of sp³-hybridized carbons (Fsp3) is 0.0811. The van der Waals surface area contributed by atoms with Gasteiger partial charge in [-0.15, -0.1) is 0 Å². The molecule has 0 unspecified atom stereocenters. The molecular weight excluding hydrogens is 472 g/mol. The molecule has 0 atom stereocenters. The Balaban J connectivity index is 1.31. The standard InChI is InChI=1S/C37H26N2/c1-37(2)35-26-17-14-23(25-16-19-33(39-22-25)32-13-7-8-20-38-32)21-24(26)15-18-31(35)34-29-11-5-3-9-27(29)28-10-4-6-12-30(28)36(34)37/h3-22H,1-2H3. The molecule has 0 saturated carbocycles. The molecule has 39 heavy (non-hydrogen) atoms. The van der Waals surface area contributed by atoms with Crippen LogP contribution in [-0.4, -0.2) is 9.97 Å². The number of hydrogen-bond donors (Lipinski definition) is 0. The number of fused-ring (bicyclic) bond motifs is 10. The van der Waals surface area contributed by atoms with Gasteiger partial charge in [-0.2, -0.15) is 0 Å². The third-order valence-electron chi connectivity index (χ3n) is 8.50. The Bertz CT molecular complexity index is 2070. The van der Waals surface area contributed by atoms with Crippen LogP contribution >= 0.6 is 0 Å². The van der Waals surface area contributed by atoms with Crippen molar-refractivity contribution in [2.75, 3.05) is 0 Å². The molecule has 0 radical (unpaired) electrons. The van der Waals surface area contributed by atoms with Crippen molar-refractivity contribution in [2.45, 2.75) is 19.3 Å². The summed E-state index contributed by atoms with van der Waals surface area (Å²) in [6.07, 6.45) is 3.76. The molecular formula is C37H26N2. The van der Waals surface area contributed by atoms with Crippen molar-refractivity contribution < 1.29 is 0 Å². The average Bonchev–Trinajstić information content (AvgIpc) is 3.25. The van der Waals surface area contributed by atoms with Gasteiger partial charge in [0.2, 0.25) is 0 Å². The summed E-state index contributed by atoms with van der Waals surface area (Å²) in [6.45, 7) is 4.79. The Hall–Kier alpha value is -4.82. The minimum Gasteiger partial charge on any atom is -0.255 e. The first-order chi connectivity index (χ1) is 19.1. The van der Waals surface area contributed by atoms with E-state index in [0.717, 1.165) is 17.0 Å². The van der Waals surface area contributed by atoms with E-state index in [-0.39, 0.29) is 5.41 Å². The number of rotatable bonds is 2. The minimum atomic E-state index is -0.124. The van der Waals surface area contributed by atoms with Gasteiger partial charge in [-0.1, -0.05) is 98.8 Å². The van der Waals surface area contributed by atoms with Crippen molar-refractivity contribution in [3.8, 4) is 33.6 Å². The zero-order valence-corrected chi connectivity index (χ0v) is 21.9. The third-order valence-corrected chi connectivity index (χ3v) is 8.50. The second kappa shape index (κ2) is 8.09. The molecule has 0 N–H and O–H groups in total. The molecule has 7 aromatic rings. The van der Waals surface area contributed by atoms with Gasteiger partial charge in [0.1, 0.15) is 0 Å². The van der Waals surface area contributed by atoms with E-state index in [9.17, 15) is 0 Å². The van der Waals surface area contributed by atoms with E-state index < -0.39 is 0 Å². The first kappa shape index (κ1) is 22.2. The van der Waals surface area contributed by atoms with Crippen LogP contribution in [-0.2, 0) is 5.41 Å². The normalized spacial score (nSPS) is 13.6. The Kier molecular flexibility index (Phi) is 4.60. The molecule has 0 fully saturated rings. The van der Waals surface area contributed by atoms with E-state index in [4.69, 9.17) is 4.98 Å². The highest BCUT2D eigenvalue weighted by Gasteiger charge is 2.39. The maximum absolute atomic E-state index is 4.71. The summed E-state index contributed by atoms with van der Waals surface area (Å²) < 4.78 is 0. The van der Waals surface area contributed by atoms with E-state index in [2.05, 4.69) is 110 Å². The van der Waals surface area contributed by atoms with Gasteiger partial charge in [0.25, 0.3) is 0 Å². The molecule has 2 heterocycles. The number of hydrogen-bond acceptors (Lipinski definition) is 2. The second-order valence-corrected chi connectivity index (χ2v) is 11.0. The summed E-state index contributed by atoms with van der Waals surface area (Å²) in [5.41, 5.74) is 9.55.